The third-order valence-electron chi connectivity index (χ3n) is 3.99. The van der Waals surface area contributed by atoms with Gasteiger partial charge in [0.15, 0.2) is 0 Å². The number of aliphatic carboxylic acids is 1. The molecule has 2 heterocycles. The molecule has 0 aliphatic carbocycles. The van der Waals surface area contributed by atoms with Crippen LogP contribution in [-0.4, -0.2) is 39.7 Å². The van der Waals surface area contributed by atoms with Gasteiger partial charge in [0, 0.05) is 11.4 Å². The van der Waals surface area contributed by atoms with E-state index in [-0.39, 0.29) is 11.2 Å². The first-order valence-electron chi connectivity index (χ1n) is 6.94. The SMILES string of the molecule is O=C(O)[C@H]1CCCCN1C(=O)C1Cc2ccccc2S1. The normalized spacial score (nSPS) is 25.3. The van der Waals surface area contributed by atoms with Crippen LogP contribution in [0.25, 0.3) is 0 Å². The highest BCUT2D eigenvalue weighted by Gasteiger charge is 2.37. The summed E-state index contributed by atoms with van der Waals surface area (Å²) < 4.78 is 0. The maximum Gasteiger partial charge on any atom is 0.326 e. The van der Waals surface area contributed by atoms with Gasteiger partial charge in [-0.1, -0.05) is 18.2 Å². The Labute approximate surface area is 122 Å². The van der Waals surface area contributed by atoms with Gasteiger partial charge in [-0.3, -0.25) is 4.79 Å². The lowest BCUT2D eigenvalue weighted by Gasteiger charge is -2.34. The minimum atomic E-state index is -0.876. The van der Waals surface area contributed by atoms with Gasteiger partial charge in [0.05, 0.1) is 5.25 Å². The quantitative estimate of drug-likeness (QED) is 0.907. The van der Waals surface area contributed by atoms with Crippen molar-refractivity contribution in [3.63, 3.8) is 0 Å². The van der Waals surface area contributed by atoms with Crippen LogP contribution >= 0.6 is 11.8 Å². The lowest BCUT2D eigenvalue weighted by Crippen LogP contribution is -2.50. The van der Waals surface area contributed by atoms with Gasteiger partial charge in [0.1, 0.15) is 6.04 Å². The molecule has 3 rings (SSSR count). The fourth-order valence-electron chi connectivity index (χ4n) is 2.96. The molecule has 0 spiro atoms. The Hall–Kier alpha value is -1.49. The molecule has 2 aliphatic heterocycles. The lowest BCUT2D eigenvalue weighted by molar-refractivity contribution is -0.151. The maximum absolute atomic E-state index is 12.6. The predicted molar refractivity (Wildman–Crippen MR) is 76.8 cm³/mol. The number of hydrogen-bond acceptors (Lipinski definition) is 3. The molecule has 1 fully saturated rings. The molecule has 1 saturated heterocycles. The van der Waals surface area contributed by atoms with Crippen molar-refractivity contribution in [3.8, 4) is 0 Å². The molecular weight excluding hydrogens is 274 g/mol. The van der Waals surface area contributed by atoms with E-state index in [4.69, 9.17) is 0 Å². The second-order valence-corrected chi connectivity index (χ2v) is 6.54. The summed E-state index contributed by atoms with van der Waals surface area (Å²) in [4.78, 5) is 26.7. The number of thioether (sulfide) groups is 1. The number of amides is 1. The molecule has 4 nitrogen and oxygen atoms in total. The molecule has 1 aromatic carbocycles. The molecule has 106 valence electrons. The molecule has 1 N–H and O–H groups in total. The standard InChI is InChI=1S/C15H17NO3S/c17-14(16-8-4-3-6-11(16)15(18)19)13-9-10-5-1-2-7-12(10)20-13/h1-2,5,7,11,13H,3-4,6,8-9H2,(H,18,19)/t11-,13?/m1/s1. The Morgan fingerprint density at radius 1 is 1.25 bits per heavy atom. The zero-order chi connectivity index (χ0) is 14.1. The summed E-state index contributed by atoms with van der Waals surface area (Å²) in [7, 11) is 0. The third kappa shape index (κ3) is 2.42. The Bertz CT molecular complexity index is 521. The number of benzene rings is 1. The molecule has 1 aromatic rings. The Morgan fingerprint density at radius 3 is 2.80 bits per heavy atom. The fraction of sp³-hybridized carbons (Fsp3) is 0.467. The van der Waals surface area contributed by atoms with E-state index in [1.807, 2.05) is 24.3 Å². The number of carbonyl (C=O) groups excluding carboxylic acids is 1. The maximum atomic E-state index is 12.6. The molecule has 1 amide bonds. The van der Waals surface area contributed by atoms with E-state index in [0.717, 1.165) is 17.7 Å². The summed E-state index contributed by atoms with van der Waals surface area (Å²) in [5.74, 6) is -0.892. The van der Waals surface area contributed by atoms with Gasteiger partial charge in [0.25, 0.3) is 0 Å². The largest absolute Gasteiger partial charge is 0.480 e. The Morgan fingerprint density at radius 2 is 2.05 bits per heavy atom. The number of rotatable bonds is 2. The fourth-order valence-corrected chi connectivity index (χ4v) is 4.22. The van der Waals surface area contributed by atoms with Gasteiger partial charge in [-0.05, 0) is 37.3 Å². The first-order chi connectivity index (χ1) is 9.66. The van der Waals surface area contributed by atoms with E-state index in [1.165, 1.54) is 5.56 Å². The number of carboxylic acids is 1. The molecular formula is C15H17NO3S. The number of piperidine rings is 1. The third-order valence-corrected chi connectivity index (χ3v) is 5.30. The number of nitrogens with zero attached hydrogens (tertiary/aromatic N) is 1. The van der Waals surface area contributed by atoms with E-state index in [2.05, 4.69) is 0 Å². The van der Waals surface area contributed by atoms with E-state index in [1.54, 1.807) is 16.7 Å². The van der Waals surface area contributed by atoms with Crippen LogP contribution in [0.3, 0.4) is 0 Å². The van der Waals surface area contributed by atoms with Crippen LogP contribution in [0.15, 0.2) is 29.2 Å². The van der Waals surface area contributed by atoms with Gasteiger partial charge >= 0.3 is 5.97 Å². The smallest absolute Gasteiger partial charge is 0.326 e. The summed E-state index contributed by atoms with van der Waals surface area (Å²) in [6, 6.07) is 7.38. The minimum absolute atomic E-state index is 0.0155. The molecule has 2 aliphatic rings. The van der Waals surface area contributed by atoms with Gasteiger partial charge in [-0.2, -0.15) is 0 Å². The molecule has 20 heavy (non-hydrogen) atoms. The second-order valence-electron chi connectivity index (χ2n) is 5.30. The molecule has 0 bridgehead atoms. The number of carbonyl (C=O) groups is 2. The zero-order valence-corrected chi connectivity index (χ0v) is 11.9. The first kappa shape index (κ1) is 13.5. The van der Waals surface area contributed by atoms with Crippen molar-refractivity contribution in [1.82, 2.24) is 4.90 Å². The lowest BCUT2D eigenvalue weighted by atomic mass is 10.0. The van der Waals surface area contributed by atoms with Crippen LogP contribution in [0.4, 0.5) is 0 Å². The number of carboxylic acid groups (broad SMARTS) is 1. The van der Waals surface area contributed by atoms with Crippen molar-refractivity contribution in [2.45, 2.75) is 41.9 Å². The number of likely N-dealkylation sites (tertiary alicyclic amines) is 1. The van der Waals surface area contributed by atoms with Crippen LogP contribution in [0.2, 0.25) is 0 Å². The highest BCUT2D eigenvalue weighted by molar-refractivity contribution is 8.01. The highest BCUT2D eigenvalue weighted by atomic mass is 32.2. The van der Waals surface area contributed by atoms with E-state index in [0.29, 0.717) is 19.4 Å². The monoisotopic (exact) mass is 291 g/mol. The van der Waals surface area contributed by atoms with Crippen LogP contribution in [0, 0.1) is 0 Å². The summed E-state index contributed by atoms with van der Waals surface area (Å²) in [6.45, 7) is 0.573. The Balaban J connectivity index is 1.75. The topological polar surface area (TPSA) is 57.6 Å². The average molecular weight is 291 g/mol. The zero-order valence-electron chi connectivity index (χ0n) is 11.1. The van der Waals surface area contributed by atoms with Crippen molar-refractivity contribution in [3.05, 3.63) is 29.8 Å². The molecule has 0 aromatic heterocycles. The van der Waals surface area contributed by atoms with E-state index >= 15 is 0 Å². The number of hydrogen-bond donors (Lipinski definition) is 1. The highest BCUT2D eigenvalue weighted by Crippen LogP contribution is 2.38. The first-order valence-corrected chi connectivity index (χ1v) is 7.82. The van der Waals surface area contributed by atoms with Gasteiger partial charge in [-0.25, -0.2) is 4.79 Å². The van der Waals surface area contributed by atoms with Crippen LogP contribution < -0.4 is 0 Å². The summed E-state index contributed by atoms with van der Waals surface area (Å²) in [5, 5.41) is 9.11. The van der Waals surface area contributed by atoms with Crippen LogP contribution in [0.5, 0.6) is 0 Å². The van der Waals surface area contributed by atoms with Gasteiger partial charge in [0.2, 0.25) is 5.91 Å². The van der Waals surface area contributed by atoms with Gasteiger partial charge in [-0.15, -0.1) is 11.8 Å². The van der Waals surface area contributed by atoms with Gasteiger partial charge < -0.3 is 10.0 Å². The molecule has 5 heteroatoms. The summed E-state index contributed by atoms with van der Waals surface area (Å²) in [6.07, 6.45) is 3.08. The minimum Gasteiger partial charge on any atom is -0.480 e. The van der Waals surface area contributed by atoms with Crippen molar-refractivity contribution in [2.75, 3.05) is 6.54 Å². The number of fused-ring (bicyclic) bond motifs is 1. The van der Waals surface area contributed by atoms with E-state index in [9.17, 15) is 14.7 Å². The van der Waals surface area contributed by atoms with Crippen molar-refractivity contribution in [2.24, 2.45) is 0 Å². The Kier molecular flexibility index (Phi) is 3.70. The van der Waals surface area contributed by atoms with Crippen molar-refractivity contribution in [1.29, 1.82) is 0 Å². The molecule has 0 radical (unpaired) electrons. The predicted octanol–water partition coefficient (Wildman–Crippen LogP) is 2.17. The molecule has 0 saturated carbocycles. The van der Waals surface area contributed by atoms with Crippen molar-refractivity contribution >= 4 is 23.6 Å². The average Bonchev–Trinajstić information content (AvgIpc) is 2.90. The second kappa shape index (κ2) is 5.48. The summed E-state index contributed by atoms with van der Waals surface area (Å²) >= 11 is 1.57. The van der Waals surface area contributed by atoms with Crippen molar-refractivity contribution < 1.29 is 14.7 Å². The summed E-state index contributed by atoms with van der Waals surface area (Å²) in [5.41, 5.74) is 1.19. The van der Waals surface area contributed by atoms with Crippen LogP contribution in [-0.2, 0) is 16.0 Å². The van der Waals surface area contributed by atoms with E-state index < -0.39 is 12.0 Å². The van der Waals surface area contributed by atoms with Crippen LogP contribution in [0.1, 0.15) is 24.8 Å². The molecule has 1 unspecified atom stereocenters. The molecule has 2 atom stereocenters.